The molecule has 6 rings (SSSR count). The van der Waals surface area contributed by atoms with Crippen molar-refractivity contribution in [2.75, 3.05) is 56.0 Å². The van der Waals surface area contributed by atoms with Crippen LogP contribution in [0.15, 0.2) is 41.3 Å². The van der Waals surface area contributed by atoms with Gasteiger partial charge in [-0.05, 0) is 48.9 Å². The van der Waals surface area contributed by atoms with Crippen molar-refractivity contribution in [3.05, 3.63) is 59.4 Å². The van der Waals surface area contributed by atoms with E-state index in [2.05, 4.69) is 42.5 Å². The molecule has 1 atom stereocenters. The van der Waals surface area contributed by atoms with E-state index in [0.29, 0.717) is 50.3 Å². The van der Waals surface area contributed by atoms with Crippen LogP contribution in [0.25, 0.3) is 0 Å². The van der Waals surface area contributed by atoms with Crippen LogP contribution in [-0.2, 0) is 24.4 Å². The van der Waals surface area contributed by atoms with Gasteiger partial charge < -0.3 is 34.7 Å². The van der Waals surface area contributed by atoms with Crippen LogP contribution in [0.2, 0.25) is 0 Å². The summed E-state index contributed by atoms with van der Waals surface area (Å²) in [6.07, 6.45) is 6.42. The molecule has 5 heterocycles. The average molecular weight is 605 g/mol. The number of β-amino-alcohol motifs (C(OH)–C–C–N with tert-alkyl or cyclic N) is 1. The molecule has 0 saturated carbocycles. The first kappa shape index (κ1) is 29.8. The number of hydrogen-bond donors (Lipinski definition) is 3. The number of fused-ring (bicyclic) bond motifs is 1. The SMILES string of the molecule is CC(=O)N1CC(Nc2cc(C(=O)NC[C@H](O)CN3CCc4cc(OCc5cnco5)ccc4C3)nc(N3CCCCC3)n2)C1. The lowest BCUT2D eigenvalue weighted by Crippen LogP contribution is -2.56. The lowest BCUT2D eigenvalue weighted by Gasteiger charge is -2.39. The molecule has 2 aromatic heterocycles. The number of carbonyl (C=O) groups is 2. The number of amides is 2. The van der Waals surface area contributed by atoms with Crippen molar-refractivity contribution >= 4 is 23.6 Å². The third kappa shape index (κ3) is 7.45. The topological polar surface area (TPSA) is 149 Å². The molecule has 234 valence electrons. The Bertz CT molecular complexity index is 1440. The Morgan fingerprint density at radius 1 is 1.11 bits per heavy atom. The van der Waals surface area contributed by atoms with Gasteiger partial charge in [0.25, 0.3) is 5.91 Å². The summed E-state index contributed by atoms with van der Waals surface area (Å²) in [5, 5.41) is 17.0. The molecule has 0 unspecified atom stereocenters. The first-order chi connectivity index (χ1) is 21.4. The van der Waals surface area contributed by atoms with E-state index in [0.717, 1.165) is 44.6 Å². The Kier molecular flexibility index (Phi) is 9.22. The third-order valence-corrected chi connectivity index (χ3v) is 8.37. The minimum absolute atomic E-state index is 0.0473. The van der Waals surface area contributed by atoms with E-state index in [1.807, 2.05) is 6.07 Å². The molecule has 0 bridgehead atoms. The fourth-order valence-corrected chi connectivity index (χ4v) is 5.86. The molecule has 13 nitrogen and oxygen atoms in total. The number of carbonyl (C=O) groups excluding carboxylic acids is 2. The van der Waals surface area contributed by atoms with E-state index >= 15 is 0 Å². The normalized spacial score (nSPS) is 17.9. The predicted molar refractivity (Wildman–Crippen MR) is 162 cm³/mol. The first-order valence-corrected chi connectivity index (χ1v) is 15.4. The fraction of sp³-hybridized carbons (Fsp3) is 0.516. The molecule has 0 spiro atoms. The van der Waals surface area contributed by atoms with Gasteiger partial charge in [0.1, 0.15) is 23.9 Å². The molecule has 3 aliphatic rings. The summed E-state index contributed by atoms with van der Waals surface area (Å²) in [7, 11) is 0. The second kappa shape index (κ2) is 13.6. The van der Waals surface area contributed by atoms with E-state index in [4.69, 9.17) is 14.1 Å². The largest absolute Gasteiger partial charge is 0.486 e. The molecule has 1 aromatic carbocycles. The van der Waals surface area contributed by atoms with E-state index in [-0.39, 0.29) is 30.1 Å². The number of aliphatic hydroxyl groups excluding tert-OH is 1. The highest BCUT2D eigenvalue weighted by molar-refractivity contribution is 5.93. The Morgan fingerprint density at radius 3 is 2.73 bits per heavy atom. The molecular weight excluding hydrogens is 564 g/mol. The lowest BCUT2D eigenvalue weighted by molar-refractivity contribution is -0.132. The number of anilines is 2. The molecule has 13 heteroatoms. The summed E-state index contributed by atoms with van der Waals surface area (Å²) in [4.78, 5) is 44.1. The fourth-order valence-electron chi connectivity index (χ4n) is 5.86. The van der Waals surface area contributed by atoms with E-state index in [1.54, 1.807) is 24.1 Å². The molecule has 2 saturated heterocycles. The van der Waals surface area contributed by atoms with Crippen LogP contribution < -0.4 is 20.3 Å². The Balaban J connectivity index is 1.02. The van der Waals surface area contributed by atoms with Crippen LogP contribution in [0.5, 0.6) is 5.75 Å². The number of ether oxygens (including phenoxy) is 1. The van der Waals surface area contributed by atoms with Crippen LogP contribution in [0.1, 0.15) is 53.6 Å². The van der Waals surface area contributed by atoms with Gasteiger partial charge in [-0.25, -0.2) is 9.97 Å². The van der Waals surface area contributed by atoms with Crippen molar-refractivity contribution < 1.29 is 23.8 Å². The highest BCUT2D eigenvalue weighted by atomic mass is 16.5. The van der Waals surface area contributed by atoms with Gasteiger partial charge in [0, 0.05) is 65.3 Å². The Labute approximate surface area is 256 Å². The van der Waals surface area contributed by atoms with Gasteiger partial charge in [-0.3, -0.25) is 14.5 Å². The van der Waals surface area contributed by atoms with Crippen molar-refractivity contribution in [2.24, 2.45) is 0 Å². The monoisotopic (exact) mass is 604 g/mol. The lowest BCUT2D eigenvalue weighted by atomic mass is 9.99. The second-order valence-electron chi connectivity index (χ2n) is 11.8. The Morgan fingerprint density at radius 2 is 1.95 bits per heavy atom. The van der Waals surface area contributed by atoms with Crippen molar-refractivity contribution in [1.29, 1.82) is 0 Å². The van der Waals surface area contributed by atoms with E-state index < -0.39 is 6.10 Å². The molecule has 2 amide bonds. The minimum atomic E-state index is -0.737. The number of rotatable bonds is 11. The molecule has 0 radical (unpaired) electrons. The summed E-state index contributed by atoms with van der Waals surface area (Å²) >= 11 is 0. The van der Waals surface area contributed by atoms with Crippen LogP contribution in [-0.4, -0.2) is 99.6 Å². The maximum absolute atomic E-state index is 13.2. The van der Waals surface area contributed by atoms with E-state index in [9.17, 15) is 14.7 Å². The maximum Gasteiger partial charge on any atom is 0.270 e. The van der Waals surface area contributed by atoms with Crippen LogP contribution in [0, 0.1) is 0 Å². The van der Waals surface area contributed by atoms with Crippen molar-refractivity contribution in [3.8, 4) is 5.75 Å². The quantitative estimate of drug-likeness (QED) is 0.294. The second-order valence-corrected chi connectivity index (χ2v) is 11.8. The molecular formula is C31H40N8O5. The number of benzene rings is 1. The zero-order valence-electron chi connectivity index (χ0n) is 25.1. The third-order valence-electron chi connectivity index (χ3n) is 8.37. The Hall–Kier alpha value is -4.23. The number of hydrogen-bond acceptors (Lipinski definition) is 11. The zero-order chi connectivity index (χ0) is 30.5. The molecule has 3 aromatic rings. The van der Waals surface area contributed by atoms with Crippen molar-refractivity contribution in [3.63, 3.8) is 0 Å². The van der Waals surface area contributed by atoms with Crippen LogP contribution in [0.4, 0.5) is 11.8 Å². The number of oxazole rings is 1. The number of nitrogens with one attached hydrogen (secondary N) is 2. The van der Waals surface area contributed by atoms with E-state index in [1.165, 1.54) is 23.9 Å². The number of aromatic nitrogens is 3. The first-order valence-electron chi connectivity index (χ1n) is 15.4. The van der Waals surface area contributed by atoms with Crippen LogP contribution >= 0.6 is 0 Å². The minimum Gasteiger partial charge on any atom is -0.486 e. The molecule has 2 fully saturated rings. The summed E-state index contributed by atoms with van der Waals surface area (Å²) in [6.45, 7) is 6.85. The number of likely N-dealkylation sites (tertiary alicyclic amines) is 1. The van der Waals surface area contributed by atoms with Gasteiger partial charge in [-0.1, -0.05) is 6.07 Å². The number of aliphatic hydroxyl groups is 1. The van der Waals surface area contributed by atoms with Gasteiger partial charge in [-0.2, -0.15) is 4.98 Å². The van der Waals surface area contributed by atoms with Crippen molar-refractivity contribution in [1.82, 2.24) is 30.1 Å². The highest BCUT2D eigenvalue weighted by Crippen LogP contribution is 2.25. The zero-order valence-corrected chi connectivity index (χ0v) is 25.1. The number of piperidine rings is 1. The molecule has 0 aliphatic carbocycles. The average Bonchev–Trinajstić information content (AvgIpc) is 3.54. The van der Waals surface area contributed by atoms with Crippen molar-refractivity contribution in [2.45, 2.75) is 57.9 Å². The summed E-state index contributed by atoms with van der Waals surface area (Å²) < 4.78 is 11.1. The number of nitrogens with zero attached hydrogens (tertiary/aromatic N) is 6. The molecule has 44 heavy (non-hydrogen) atoms. The van der Waals surface area contributed by atoms with Gasteiger partial charge in [-0.15, -0.1) is 0 Å². The molecule has 3 N–H and O–H groups in total. The predicted octanol–water partition coefficient (Wildman–Crippen LogP) is 1.83. The van der Waals surface area contributed by atoms with Gasteiger partial charge in [0.05, 0.1) is 18.3 Å². The molecule has 3 aliphatic heterocycles. The standard InChI is InChI=1S/C31H40N8O5/c1-21(40)39-16-24(17-39)34-29-12-28(35-31(36-29)38-8-3-2-4-9-38)30(42)33-13-25(41)18-37-10-7-22-11-26(6-5-23(22)15-37)43-19-27-14-32-20-44-27/h5-6,11-12,14,20,24-25,41H,2-4,7-10,13,15-19H2,1H3,(H,33,42)(H,34,35,36)/t25-/m0/s1. The smallest absolute Gasteiger partial charge is 0.270 e. The summed E-state index contributed by atoms with van der Waals surface area (Å²) in [5.74, 6) is 2.25. The van der Waals surface area contributed by atoms with Gasteiger partial charge >= 0.3 is 0 Å². The van der Waals surface area contributed by atoms with Gasteiger partial charge in [0.15, 0.2) is 12.2 Å². The maximum atomic E-state index is 13.2. The van der Waals surface area contributed by atoms with Crippen LogP contribution in [0.3, 0.4) is 0 Å². The highest BCUT2D eigenvalue weighted by Gasteiger charge is 2.29. The summed E-state index contributed by atoms with van der Waals surface area (Å²) in [6, 6.07) is 7.80. The summed E-state index contributed by atoms with van der Waals surface area (Å²) in [5.41, 5.74) is 2.68. The van der Waals surface area contributed by atoms with Gasteiger partial charge in [0.2, 0.25) is 11.9 Å².